The van der Waals surface area contributed by atoms with Crippen molar-refractivity contribution in [3.05, 3.63) is 256 Å². The SMILES string of the molecule is ClCCl.[O-][Cl+3]([O-])([O-])[O-].[O-][Cl+3]([O-])([O-])[O-].[O-]c1cccnc1-c1ncccc1[O-].[Os+2].[Os+2].c1ccc(N=Nc2ccccn2)cc1.c1ccc(N=Nc2ccccn2)cc1.c1ccc(N=Nc2ccccn2)cc1.c1ccc(N=Nc2ccccn2)cc1. The van der Waals surface area contributed by atoms with Gasteiger partial charge in [-0.1, -0.05) is 121 Å². The van der Waals surface area contributed by atoms with E-state index in [1.807, 2.05) is 194 Å². The van der Waals surface area contributed by atoms with E-state index in [1.165, 1.54) is 36.7 Å². The zero-order chi connectivity index (χ0) is 60.2. The van der Waals surface area contributed by atoms with Crippen molar-refractivity contribution < 1.29 is 108 Å². The molecule has 4 aromatic carbocycles. The molecule has 0 unspecified atom stereocenters. The largest absolute Gasteiger partial charge is 2.00 e. The maximum Gasteiger partial charge on any atom is 2.00 e. The molecule has 30 heteroatoms. The van der Waals surface area contributed by atoms with Crippen molar-refractivity contribution in [3.8, 4) is 22.9 Å². The molecule has 0 saturated carbocycles. The standard InChI is InChI=1S/4C11H9N3.C10H8N2O2.CH2Cl2.2ClHO4.2Os/c4*1-2-6-10(7-3-1)13-14-11-8-4-5-9-12-11;13-7-3-1-5-11-9(7)10-8(14)4-2-6-12-10;2-1-3;2*2-1(3,4)5;;/h4*1-9H;1-6,13-14H;1H2;2*(H,2,3,4,5);;/q;;;;;;;;2*+2/p-4. The molecule has 0 aliphatic heterocycles. The van der Waals surface area contributed by atoms with Gasteiger partial charge in [0.1, 0.15) is 0 Å². The molecule has 0 N–H and O–H groups in total. The predicted octanol–water partition coefficient (Wildman–Crippen LogP) is 6.18. The molecule has 10 rings (SSSR count). The zero-order valence-corrected chi connectivity index (χ0v) is 51.6. The first-order valence-electron chi connectivity index (χ1n) is 23.1. The third-order valence-corrected chi connectivity index (χ3v) is 8.46. The Kier molecular flexibility index (Phi) is 40.0. The van der Waals surface area contributed by atoms with Crippen LogP contribution in [-0.4, -0.2) is 35.2 Å². The van der Waals surface area contributed by atoms with Gasteiger partial charge in [-0.25, -0.2) is 57.2 Å². The van der Waals surface area contributed by atoms with E-state index in [4.69, 9.17) is 60.5 Å². The molecule has 0 spiro atoms. The van der Waals surface area contributed by atoms with E-state index in [0.717, 1.165) is 22.7 Å². The molecule has 0 radical (unpaired) electrons. The summed E-state index contributed by atoms with van der Waals surface area (Å²) in [6.07, 6.45) is 9.70. The first-order valence-corrected chi connectivity index (χ1v) is 26.7. The molecular weight excluding hydrogens is 1540 g/mol. The van der Waals surface area contributed by atoms with E-state index in [2.05, 4.69) is 70.8 Å². The minimum Gasteiger partial charge on any atom is -0.871 e. The summed E-state index contributed by atoms with van der Waals surface area (Å²) in [7, 11) is -9.89. The van der Waals surface area contributed by atoms with Gasteiger partial charge in [0, 0.05) is 37.2 Å². The summed E-state index contributed by atoms with van der Waals surface area (Å²) in [5.41, 5.74) is 3.55. The second kappa shape index (κ2) is 45.3. The summed E-state index contributed by atoms with van der Waals surface area (Å²) in [6, 6.07) is 66.3. The monoisotopic (exact) mass is 1580 g/mol. The van der Waals surface area contributed by atoms with Gasteiger partial charge in [-0.05, 0) is 109 Å². The van der Waals surface area contributed by atoms with Crippen molar-refractivity contribution in [2.75, 3.05) is 5.34 Å². The molecule has 0 saturated heterocycles. The predicted molar refractivity (Wildman–Crippen MR) is 282 cm³/mol. The smallest absolute Gasteiger partial charge is 0.871 e. The molecule has 0 amide bonds. The molecule has 438 valence electrons. The fourth-order valence-corrected chi connectivity index (χ4v) is 5.20. The first kappa shape index (κ1) is 74.9. The molecule has 0 fully saturated rings. The Morgan fingerprint density at radius 1 is 0.271 bits per heavy atom. The van der Waals surface area contributed by atoms with Crippen LogP contribution in [0.1, 0.15) is 0 Å². The van der Waals surface area contributed by atoms with Crippen LogP contribution in [0.3, 0.4) is 0 Å². The number of halogens is 4. The Hall–Kier alpha value is -8.11. The van der Waals surface area contributed by atoms with Crippen LogP contribution in [0.15, 0.2) is 296 Å². The van der Waals surface area contributed by atoms with Gasteiger partial charge >= 0.3 is 39.6 Å². The number of alkyl halides is 2. The van der Waals surface area contributed by atoms with Crippen molar-refractivity contribution in [2.24, 2.45) is 40.9 Å². The molecule has 0 bridgehead atoms. The van der Waals surface area contributed by atoms with Gasteiger partial charge in [0.25, 0.3) is 0 Å². The number of hydrogen-bond donors (Lipinski definition) is 0. The molecular formula is C55H44Cl4N14O10Os2. The first-order chi connectivity index (χ1) is 40.0. The van der Waals surface area contributed by atoms with Crippen LogP contribution in [0.5, 0.6) is 11.5 Å². The van der Waals surface area contributed by atoms with E-state index in [0.29, 0.717) is 23.3 Å². The molecule has 0 aliphatic rings. The molecule has 10 aromatic rings. The number of nitrogens with zero attached hydrogens (tertiary/aromatic N) is 14. The Morgan fingerprint density at radius 3 is 0.635 bits per heavy atom. The quantitative estimate of drug-likeness (QED) is 0.115. The fourth-order valence-electron chi connectivity index (χ4n) is 5.20. The third kappa shape index (κ3) is 39.9. The van der Waals surface area contributed by atoms with Crippen LogP contribution in [0.2, 0.25) is 0 Å². The Bertz CT molecular complexity index is 2800. The number of azo groups is 4. The number of rotatable bonds is 9. The molecule has 0 aliphatic carbocycles. The van der Waals surface area contributed by atoms with Gasteiger partial charge in [0.15, 0.2) is 23.3 Å². The maximum absolute atomic E-state index is 11.3. The second-order valence-electron chi connectivity index (χ2n) is 14.5. The number of pyridine rings is 6. The summed E-state index contributed by atoms with van der Waals surface area (Å²) in [4.78, 5) is 23.8. The zero-order valence-electron chi connectivity index (χ0n) is 43.5. The minimum atomic E-state index is -4.94. The molecule has 6 aromatic heterocycles. The van der Waals surface area contributed by atoms with Crippen LogP contribution in [0.4, 0.5) is 46.0 Å². The van der Waals surface area contributed by atoms with E-state index < -0.39 is 20.5 Å². The van der Waals surface area contributed by atoms with Crippen molar-refractivity contribution in [3.63, 3.8) is 0 Å². The third-order valence-electron chi connectivity index (χ3n) is 8.46. The van der Waals surface area contributed by atoms with Gasteiger partial charge in [0.05, 0.1) is 39.5 Å². The van der Waals surface area contributed by atoms with Crippen molar-refractivity contribution in [2.45, 2.75) is 0 Å². The Labute approximate surface area is 527 Å². The maximum atomic E-state index is 11.3. The van der Waals surface area contributed by atoms with E-state index in [-0.39, 0.29) is 67.8 Å². The van der Waals surface area contributed by atoms with Gasteiger partial charge in [0.2, 0.25) is 0 Å². The summed E-state index contributed by atoms with van der Waals surface area (Å²) < 4.78 is 67.9. The average molecular weight is 1580 g/mol. The molecule has 24 nitrogen and oxygen atoms in total. The van der Waals surface area contributed by atoms with Gasteiger partial charge in [-0.15, -0.1) is 84.6 Å². The fraction of sp³-hybridized carbons (Fsp3) is 0.0182. The van der Waals surface area contributed by atoms with Crippen LogP contribution in [0, 0.1) is 20.5 Å². The topological polar surface area (TPSA) is 407 Å². The summed E-state index contributed by atoms with van der Waals surface area (Å²) in [6.45, 7) is 0. The van der Waals surface area contributed by atoms with Crippen molar-refractivity contribution in [1.82, 2.24) is 29.9 Å². The van der Waals surface area contributed by atoms with E-state index in [9.17, 15) is 10.2 Å². The number of aromatic nitrogens is 6. The molecule has 0 atom stereocenters. The van der Waals surface area contributed by atoms with Crippen LogP contribution < -0.4 is 47.5 Å². The average Bonchev–Trinajstić information content (AvgIpc) is 3.70. The van der Waals surface area contributed by atoms with Gasteiger partial charge < -0.3 is 10.2 Å². The second-order valence-corrected chi connectivity index (χ2v) is 16.8. The van der Waals surface area contributed by atoms with Gasteiger partial charge in [-0.2, -0.15) is 0 Å². The van der Waals surface area contributed by atoms with Crippen molar-refractivity contribution >= 4 is 69.2 Å². The Balaban J connectivity index is 0.000000502. The number of hydrogen-bond acceptors (Lipinski definition) is 24. The normalized spacial score (nSPS) is 10.2. The summed E-state index contributed by atoms with van der Waals surface area (Å²) in [5, 5.41) is 55.0. The summed E-state index contributed by atoms with van der Waals surface area (Å²) >= 11 is 9.53. The number of benzene rings is 4. The van der Waals surface area contributed by atoms with E-state index >= 15 is 0 Å². The van der Waals surface area contributed by atoms with E-state index in [1.54, 1.807) is 24.8 Å². The van der Waals surface area contributed by atoms with Crippen LogP contribution in [0.25, 0.3) is 11.4 Å². The van der Waals surface area contributed by atoms with Crippen molar-refractivity contribution in [1.29, 1.82) is 0 Å². The van der Waals surface area contributed by atoms with Gasteiger partial charge in [-0.3, -0.25) is 9.97 Å². The molecule has 6 heterocycles. The molecule has 85 heavy (non-hydrogen) atoms. The summed E-state index contributed by atoms with van der Waals surface area (Å²) in [5.74, 6) is 1.91. The minimum absolute atomic E-state index is 0. The Morgan fingerprint density at radius 2 is 0.459 bits per heavy atom. The van der Waals surface area contributed by atoms with Crippen LogP contribution in [-0.2, 0) is 39.6 Å². The van der Waals surface area contributed by atoms with Crippen LogP contribution >= 0.6 is 23.2 Å².